The Labute approximate surface area is 133 Å². The zero-order valence-corrected chi connectivity index (χ0v) is 14.6. The zero-order chi connectivity index (χ0) is 14.0. The van der Waals surface area contributed by atoms with Crippen LogP contribution < -0.4 is 4.72 Å². The highest BCUT2D eigenvalue weighted by Crippen LogP contribution is 2.35. The monoisotopic (exact) mass is 400 g/mol. The van der Waals surface area contributed by atoms with Crippen LogP contribution >= 0.6 is 50.2 Å². The molecule has 19 heavy (non-hydrogen) atoms. The Morgan fingerprint density at radius 2 is 2.32 bits per heavy atom. The summed E-state index contributed by atoms with van der Waals surface area (Å²) in [5.41, 5.74) is 0. The van der Waals surface area contributed by atoms with E-state index in [1.54, 1.807) is 6.20 Å². The molecule has 0 aliphatic heterocycles. The average molecular weight is 402 g/mol. The largest absolute Gasteiger partial charge is 0.250 e. The second-order valence-electron chi connectivity index (χ2n) is 3.64. The molecule has 0 bridgehead atoms. The van der Waals surface area contributed by atoms with E-state index in [9.17, 15) is 8.42 Å². The van der Waals surface area contributed by atoms with Gasteiger partial charge in [0.25, 0.3) is 10.0 Å². The second-order valence-corrected chi connectivity index (χ2v) is 9.28. The van der Waals surface area contributed by atoms with E-state index < -0.39 is 10.0 Å². The summed E-state index contributed by atoms with van der Waals surface area (Å²) in [6.45, 7) is 1.91. The van der Waals surface area contributed by atoms with Crippen molar-refractivity contribution < 1.29 is 8.42 Å². The van der Waals surface area contributed by atoms with Gasteiger partial charge in [0.2, 0.25) is 0 Å². The molecule has 1 atom stereocenters. The second kappa shape index (κ2) is 6.19. The molecule has 2 aromatic heterocycles. The Morgan fingerprint density at radius 3 is 2.79 bits per heavy atom. The number of nitrogens with zero attached hydrogens (tertiary/aromatic N) is 1. The highest BCUT2D eigenvalue weighted by atomic mass is 79.9. The topological polar surface area (TPSA) is 59.1 Å². The van der Waals surface area contributed by atoms with E-state index in [0.717, 1.165) is 16.3 Å². The van der Waals surface area contributed by atoms with Gasteiger partial charge in [0, 0.05) is 11.6 Å². The lowest BCUT2D eigenvalue weighted by Gasteiger charge is -2.13. The fourth-order valence-electron chi connectivity index (χ4n) is 1.42. The first-order valence-corrected chi connectivity index (χ1v) is 9.65. The summed E-state index contributed by atoms with van der Waals surface area (Å²) in [6, 6.07) is 1.12. The molecule has 0 saturated carbocycles. The van der Waals surface area contributed by atoms with E-state index in [-0.39, 0.29) is 10.3 Å². The van der Waals surface area contributed by atoms with E-state index in [2.05, 4.69) is 25.6 Å². The summed E-state index contributed by atoms with van der Waals surface area (Å²) < 4.78 is 28.0. The maximum atomic E-state index is 12.3. The van der Waals surface area contributed by atoms with E-state index in [4.69, 9.17) is 11.6 Å². The normalized spacial score (nSPS) is 13.6. The molecule has 2 heterocycles. The van der Waals surface area contributed by atoms with Crippen molar-refractivity contribution >= 4 is 60.2 Å². The molecule has 0 saturated heterocycles. The van der Waals surface area contributed by atoms with Crippen LogP contribution in [0.15, 0.2) is 25.6 Å². The molecule has 2 rings (SSSR count). The van der Waals surface area contributed by atoms with Crippen LogP contribution in [0, 0.1) is 0 Å². The molecular formula is C10H10BrClN2O2S3. The molecule has 0 amide bonds. The van der Waals surface area contributed by atoms with Gasteiger partial charge in [0.1, 0.15) is 9.22 Å². The molecule has 1 unspecified atom stereocenters. The summed E-state index contributed by atoms with van der Waals surface area (Å²) in [5.74, 6) is 0. The number of halogens is 2. The van der Waals surface area contributed by atoms with Crippen LogP contribution in [0.25, 0.3) is 0 Å². The number of hydrogen-bond acceptors (Lipinski definition) is 5. The summed E-state index contributed by atoms with van der Waals surface area (Å²) in [5, 5.41) is 2.98. The van der Waals surface area contributed by atoms with Crippen LogP contribution in [0.4, 0.5) is 0 Å². The minimum absolute atomic E-state index is 0.194. The third-order valence-corrected chi connectivity index (χ3v) is 7.65. The van der Waals surface area contributed by atoms with Crippen LogP contribution in [-0.4, -0.2) is 13.4 Å². The van der Waals surface area contributed by atoms with Gasteiger partial charge in [-0.3, -0.25) is 0 Å². The van der Waals surface area contributed by atoms with Gasteiger partial charge in [0.05, 0.1) is 14.9 Å². The van der Waals surface area contributed by atoms with Gasteiger partial charge in [-0.2, -0.15) is 0 Å². The van der Waals surface area contributed by atoms with Crippen molar-refractivity contribution in [2.75, 3.05) is 0 Å². The SMILES string of the molecule is CCC(NS(=O)(=O)c1cc(Cl)c(Br)s1)c1nccs1. The molecule has 0 aromatic carbocycles. The maximum absolute atomic E-state index is 12.3. The number of sulfonamides is 1. The lowest BCUT2D eigenvalue weighted by Crippen LogP contribution is -2.27. The smallest absolute Gasteiger partial charge is 0.248 e. The van der Waals surface area contributed by atoms with Crippen LogP contribution in [-0.2, 0) is 10.0 Å². The Hall–Kier alpha value is 0.01000. The minimum atomic E-state index is -3.58. The number of thiophene rings is 1. The van der Waals surface area contributed by atoms with E-state index >= 15 is 0 Å². The molecule has 0 aliphatic carbocycles. The Balaban J connectivity index is 2.25. The lowest BCUT2D eigenvalue weighted by atomic mass is 10.3. The van der Waals surface area contributed by atoms with E-state index in [0.29, 0.717) is 15.2 Å². The number of hydrogen-bond donors (Lipinski definition) is 1. The first-order chi connectivity index (χ1) is 8.94. The van der Waals surface area contributed by atoms with Crippen molar-refractivity contribution in [3.8, 4) is 0 Å². The fraction of sp³-hybridized carbons (Fsp3) is 0.300. The molecule has 0 aliphatic rings. The van der Waals surface area contributed by atoms with Crippen molar-refractivity contribution in [1.82, 2.24) is 9.71 Å². The fourth-order valence-corrected chi connectivity index (χ4v) is 5.97. The van der Waals surface area contributed by atoms with E-state index in [1.165, 1.54) is 17.4 Å². The van der Waals surface area contributed by atoms with Crippen molar-refractivity contribution in [1.29, 1.82) is 0 Å². The summed E-state index contributed by atoms with van der Waals surface area (Å²) in [7, 11) is -3.58. The molecule has 4 nitrogen and oxygen atoms in total. The minimum Gasteiger partial charge on any atom is -0.248 e. The lowest BCUT2D eigenvalue weighted by molar-refractivity contribution is 0.551. The Bertz CT molecular complexity index is 635. The summed E-state index contributed by atoms with van der Waals surface area (Å²) in [6.07, 6.45) is 2.29. The first kappa shape index (κ1) is 15.4. The zero-order valence-electron chi connectivity index (χ0n) is 9.76. The summed E-state index contributed by atoms with van der Waals surface area (Å²) in [4.78, 5) is 4.15. The Kier molecular flexibility index (Phi) is 5.02. The number of rotatable bonds is 5. The van der Waals surface area contributed by atoms with Crippen molar-refractivity contribution in [3.05, 3.63) is 31.5 Å². The first-order valence-electron chi connectivity index (χ1n) is 5.30. The average Bonchev–Trinajstić information content (AvgIpc) is 2.98. The van der Waals surface area contributed by atoms with Crippen LogP contribution in [0.2, 0.25) is 5.02 Å². The number of nitrogens with one attached hydrogen (secondary N) is 1. The molecular weight excluding hydrogens is 392 g/mol. The molecule has 0 fully saturated rings. The molecule has 9 heteroatoms. The molecule has 0 spiro atoms. The molecule has 0 radical (unpaired) electrons. The van der Waals surface area contributed by atoms with Crippen molar-refractivity contribution in [3.63, 3.8) is 0 Å². The third kappa shape index (κ3) is 3.56. The van der Waals surface area contributed by atoms with Gasteiger partial charge in [-0.15, -0.1) is 22.7 Å². The van der Waals surface area contributed by atoms with Crippen molar-refractivity contribution in [2.24, 2.45) is 0 Å². The predicted octanol–water partition coefficient (Wildman–Crippen LogP) is 4.05. The maximum Gasteiger partial charge on any atom is 0.250 e. The Morgan fingerprint density at radius 1 is 1.58 bits per heavy atom. The summed E-state index contributed by atoms with van der Waals surface area (Å²) >= 11 is 11.6. The van der Waals surface area contributed by atoms with Crippen molar-refractivity contribution in [2.45, 2.75) is 23.6 Å². The number of aromatic nitrogens is 1. The van der Waals surface area contributed by atoms with Gasteiger partial charge >= 0.3 is 0 Å². The molecule has 2 aromatic rings. The highest BCUT2D eigenvalue weighted by Gasteiger charge is 2.24. The van der Waals surface area contributed by atoms with Gasteiger partial charge in [0.15, 0.2) is 0 Å². The molecule has 104 valence electrons. The molecule has 1 N–H and O–H groups in total. The quantitative estimate of drug-likeness (QED) is 0.822. The van der Waals surface area contributed by atoms with Gasteiger partial charge < -0.3 is 0 Å². The van der Waals surface area contributed by atoms with Crippen LogP contribution in [0.5, 0.6) is 0 Å². The van der Waals surface area contributed by atoms with Gasteiger partial charge in [-0.1, -0.05) is 18.5 Å². The van der Waals surface area contributed by atoms with Gasteiger partial charge in [-0.25, -0.2) is 18.1 Å². The highest BCUT2D eigenvalue weighted by molar-refractivity contribution is 9.11. The number of thiazole rings is 1. The predicted molar refractivity (Wildman–Crippen MR) is 82.5 cm³/mol. The third-order valence-electron chi connectivity index (χ3n) is 2.34. The van der Waals surface area contributed by atoms with Crippen LogP contribution in [0.1, 0.15) is 24.4 Å². The standard InChI is InChI=1S/C10H10BrClN2O2S3/c1-2-7(10-13-3-4-17-10)14-19(15,16)8-5-6(12)9(11)18-8/h3-5,7,14H,2H2,1H3. The van der Waals surface area contributed by atoms with E-state index in [1.807, 2.05) is 12.3 Å². The van der Waals surface area contributed by atoms with Gasteiger partial charge in [-0.05, 0) is 28.4 Å². The van der Waals surface area contributed by atoms with Crippen LogP contribution in [0.3, 0.4) is 0 Å².